The lowest BCUT2D eigenvalue weighted by Crippen LogP contribution is -2.29. The highest BCUT2D eigenvalue weighted by Crippen LogP contribution is 2.38. The maximum absolute atomic E-state index is 12.0. The summed E-state index contributed by atoms with van der Waals surface area (Å²) in [5, 5.41) is 26.6. The molecule has 198 valence electrons. The number of nitrogens with zero attached hydrogens (tertiary/aromatic N) is 6. The fourth-order valence-corrected chi connectivity index (χ4v) is 5.13. The normalized spacial score (nSPS) is 15.1. The smallest absolute Gasteiger partial charge is 0.294 e. The maximum atomic E-state index is 12.0. The predicted molar refractivity (Wildman–Crippen MR) is 150 cm³/mol. The topological polar surface area (TPSA) is 113 Å². The molecule has 2 aromatic carbocycles. The molecule has 0 aliphatic carbocycles. The molecule has 4 aromatic rings. The van der Waals surface area contributed by atoms with Gasteiger partial charge in [-0.25, -0.2) is 9.97 Å². The number of para-hydroxylation sites is 1. The molecule has 1 atom stereocenters. The first-order valence-electron chi connectivity index (χ1n) is 12.8. The number of benzene rings is 2. The van der Waals surface area contributed by atoms with Gasteiger partial charge in [0.05, 0.1) is 22.4 Å². The van der Waals surface area contributed by atoms with Crippen LogP contribution in [-0.4, -0.2) is 69.8 Å². The van der Waals surface area contributed by atoms with E-state index in [-0.39, 0.29) is 16.7 Å². The molecule has 0 saturated heterocycles. The lowest BCUT2D eigenvalue weighted by Gasteiger charge is -2.22. The van der Waals surface area contributed by atoms with Gasteiger partial charge in [0.25, 0.3) is 5.69 Å². The largest absolute Gasteiger partial charge is 0.391 e. The van der Waals surface area contributed by atoms with E-state index in [4.69, 9.17) is 4.98 Å². The van der Waals surface area contributed by atoms with Gasteiger partial charge in [0.1, 0.15) is 5.69 Å². The Morgan fingerprint density at radius 3 is 2.74 bits per heavy atom. The third kappa shape index (κ3) is 4.92. The third-order valence-electron chi connectivity index (χ3n) is 7.16. The van der Waals surface area contributed by atoms with Crippen molar-refractivity contribution in [3.8, 4) is 11.3 Å². The molecule has 2 N–H and O–H groups in total. The molecule has 0 saturated carbocycles. The van der Waals surface area contributed by atoms with Crippen LogP contribution in [0.25, 0.3) is 22.2 Å². The third-order valence-corrected chi connectivity index (χ3v) is 7.16. The summed E-state index contributed by atoms with van der Waals surface area (Å²) in [6.07, 6.45) is 2.80. The second kappa shape index (κ2) is 10.4. The molecule has 1 aliphatic heterocycles. The molecule has 1 aliphatic rings. The van der Waals surface area contributed by atoms with Crippen molar-refractivity contribution in [1.82, 2.24) is 19.4 Å². The second-order valence-electron chi connectivity index (χ2n) is 10.2. The van der Waals surface area contributed by atoms with Crippen LogP contribution >= 0.6 is 0 Å². The van der Waals surface area contributed by atoms with Gasteiger partial charge in [0, 0.05) is 61.1 Å². The van der Waals surface area contributed by atoms with Gasteiger partial charge in [-0.3, -0.25) is 10.1 Å². The van der Waals surface area contributed by atoms with Crippen LogP contribution in [0, 0.1) is 17.0 Å². The average Bonchev–Trinajstić information content (AvgIpc) is 3.21. The fraction of sp³-hybridized carbons (Fsp3) is 0.357. The van der Waals surface area contributed by atoms with E-state index in [9.17, 15) is 15.2 Å². The van der Waals surface area contributed by atoms with E-state index in [1.54, 1.807) is 12.3 Å². The van der Waals surface area contributed by atoms with Gasteiger partial charge in [-0.15, -0.1) is 0 Å². The number of nitro groups is 1. The van der Waals surface area contributed by atoms with Gasteiger partial charge >= 0.3 is 0 Å². The first-order chi connectivity index (χ1) is 18.2. The molecule has 0 radical (unpaired) electrons. The Morgan fingerprint density at radius 2 is 1.97 bits per heavy atom. The number of hydrogen-bond donors (Lipinski definition) is 2. The minimum atomic E-state index is -0.363. The minimum Gasteiger partial charge on any atom is -0.391 e. The van der Waals surface area contributed by atoms with Crippen molar-refractivity contribution in [3.63, 3.8) is 0 Å². The highest BCUT2D eigenvalue weighted by molar-refractivity contribution is 5.97. The van der Waals surface area contributed by atoms with E-state index < -0.39 is 0 Å². The molecular formula is C28H33N7O3. The summed E-state index contributed by atoms with van der Waals surface area (Å²) in [6, 6.07) is 13.4. The molecule has 0 fully saturated rings. The number of fused-ring (bicyclic) bond motifs is 3. The van der Waals surface area contributed by atoms with E-state index in [0.29, 0.717) is 36.8 Å². The minimum absolute atomic E-state index is 0.0292. The van der Waals surface area contributed by atoms with Gasteiger partial charge in [-0.1, -0.05) is 18.2 Å². The Labute approximate surface area is 221 Å². The second-order valence-corrected chi connectivity index (χ2v) is 10.2. The van der Waals surface area contributed by atoms with Crippen molar-refractivity contribution in [1.29, 1.82) is 0 Å². The molecule has 0 spiro atoms. The molecule has 0 amide bonds. The standard InChI is InChI=1S/C28H33N7O3/c1-18-15-25(33(4)14-13-32(2)3)26(35(37)38)16-22(18)31-28-29-12-11-21(30-28)27-20-7-5-6-8-23(20)34-17-19(36)9-10-24(27)34/h5-8,11-12,15-16,19,36H,9-10,13-14,17H2,1-4H3,(H,29,30,31). The molecular weight excluding hydrogens is 482 g/mol. The monoisotopic (exact) mass is 515 g/mol. The summed E-state index contributed by atoms with van der Waals surface area (Å²) in [5.74, 6) is 0.369. The number of rotatable bonds is 8. The molecule has 0 bridgehead atoms. The summed E-state index contributed by atoms with van der Waals surface area (Å²) in [7, 11) is 5.82. The molecule has 1 unspecified atom stereocenters. The first-order valence-corrected chi connectivity index (χ1v) is 12.8. The zero-order chi connectivity index (χ0) is 27.0. The van der Waals surface area contributed by atoms with Crippen molar-refractivity contribution in [2.45, 2.75) is 32.4 Å². The first kappa shape index (κ1) is 25.6. The average molecular weight is 516 g/mol. The molecule has 5 rings (SSSR count). The van der Waals surface area contributed by atoms with Gasteiger partial charge in [0.15, 0.2) is 0 Å². The molecule has 2 aromatic heterocycles. The van der Waals surface area contributed by atoms with Crippen molar-refractivity contribution < 1.29 is 10.0 Å². The van der Waals surface area contributed by atoms with Gasteiger partial charge in [-0.2, -0.15) is 0 Å². The maximum Gasteiger partial charge on any atom is 0.294 e. The summed E-state index contributed by atoms with van der Waals surface area (Å²) >= 11 is 0. The lowest BCUT2D eigenvalue weighted by atomic mass is 10.0. The Kier molecular flexibility index (Phi) is 7.00. The fourth-order valence-electron chi connectivity index (χ4n) is 5.13. The van der Waals surface area contributed by atoms with E-state index in [1.165, 1.54) is 0 Å². The number of nitro benzene ring substituents is 1. The Balaban J connectivity index is 1.50. The van der Waals surface area contributed by atoms with Gasteiger partial charge in [0.2, 0.25) is 5.95 Å². The Morgan fingerprint density at radius 1 is 1.18 bits per heavy atom. The zero-order valence-electron chi connectivity index (χ0n) is 22.2. The van der Waals surface area contributed by atoms with Crippen LogP contribution < -0.4 is 10.2 Å². The van der Waals surface area contributed by atoms with E-state index in [1.807, 2.05) is 62.1 Å². The Bertz CT molecular complexity index is 1500. The number of aliphatic hydroxyl groups excluding tert-OH is 1. The van der Waals surface area contributed by atoms with Crippen LogP contribution in [0.4, 0.5) is 23.0 Å². The van der Waals surface area contributed by atoms with Crippen LogP contribution in [0.15, 0.2) is 48.7 Å². The van der Waals surface area contributed by atoms with E-state index in [2.05, 4.69) is 27.0 Å². The molecule has 10 heteroatoms. The van der Waals surface area contributed by atoms with Gasteiger partial charge < -0.3 is 24.8 Å². The Hall–Kier alpha value is -4.02. The van der Waals surface area contributed by atoms with Crippen molar-refractivity contribution in [2.24, 2.45) is 0 Å². The lowest BCUT2D eigenvalue weighted by molar-refractivity contribution is -0.384. The molecule has 10 nitrogen and oxygen atoms in total. The number of nitrogens with one attached hydrogen (secondary N) is 1. The van der Waals surface area contributed by atoms with Crippen LogP contribution in [-0.2, 0) is 13.0 Å². The highest BCUT2D eigenvalue weighted by atomic mass is 16.6. The summed E-state index contributed by atoms with van der Waals surface area (Å²) in [4.78, 5) is 24.8. The quantitative estimate of drug-likeness (QED) is 0.263. The predicted octanol–water partition coefficient (Wildman–Crippen LogP) is 4.36. The van der Waals surface area contributed by atoms with E-state index >= 15 is 0 Å². The van der Waals surface area contributed by atoms with Crippen molar-refractivity contribution in [3.05, 3.63) is 70.0 Å². The summed E-state index contributed by atoms with van der Waals surface area (Å²) < 4.78 is 2.19. The number of aromatic nitrogens is 3. The van der Waals surface area contributed by atoms with Crippen LogP contribution in [0.3, 0.4) is 0 Å². The number of hydrogen-bond acceptors (Lipinski definition) is 8. The van der Waals surface area contributed by atoms with Crippen LogP contribution in [0.5, 0.6) is 0 Å². The van der Waals surface area contributed by atoms with Crippen LogP contribution in [0.1, 0.15) is 17.7 Å². The summed E-state index contributed by atoms with van der Waals surface area (Å²) in [5.41, 5.74) is 6.09. The van der Waals surface area contributed by atoms with Gasteiger partial charge in [-0.05, 0) is 57.6 Å². The van der Waals surface area contributed by atoms with Crippen molar-refractivity contribution in [2.75, 3.05) is 44.4 Å². The van der Waals surface area contributed by atoms with Crippen LogP contribution in [0.2, 0.25) is 0 Å². The number of aryl methyl sites for hydroxylation is 1. The molecule has 38 heavy (non-hydrogen) atoms. The number of aliphatic hydroxyl groups is 1. The molecule has 3 heterocycles. The highest BCUT2D eigenvalue weighted by Gasteiger charge is 2.25. The van der Waals surface area contributed by atoms with E-state index in [0.717, 1.165) is 46.4 Å². The SMILES string of the molecule is Cc1cc(N(C)CCN(C)C)c([N+](=O)[O-])cc1Nc1nccc(-c2c3n(c4ccccc24)CC(O)CC3)n1. The number of likely N-dealkylation sites (N-methyl/N-ethyl adjacent to an activating group) is 2. The van der Waals surface area contributed by atoms with Crippen molar-refractivity contribution >= 4 is 33.9 Å². The number of anilines is 3. The zero-order valence-corrected chi connectivity index (χ0v) is 22.2. The summed E-state index contributed by atoms with van der Waals surface area (Å²) in [6.45, 7) is 3.93.